The molecule has 2 rings (SSSR count). The molecule has 0 aromatic heterocycles. The van der Waals surface area contributed by atoms with Gasteiger partial charge in [0.1, 0.15) is 0 Å². The third-order valence-corrected chi connectivity index (χ3v) is 6.00. The highest BCUT2D eigenvalue weighted by Crippen LogP contribution is 2.39. The van der Waals surface area contributed by atoms with Crippen molar-refractivity contribution >= 4 is 22.6 Å². The highest BCUT2D eigenvalue weighted by Gasteiger charge is 2.26. The van der Waals surface area contributed by atoms with Crippen LogP contribution in [0.3, 0.4) is 0 Å². The van der Waals surface area contributed by atoms with E-state index in [9.17, 15) is 0 Å². The monoisotopic (exact) mass is 367 g/mol. The van der Waals surface area contributed by atoms with E-state index in [4.69, 9.17) is 5.26 Å². The van der Waals surface area contributed by atoms with Gasteiger partial charge in [-0.1, -0.05) is 48.1 Å². The van der Waals surface area contributed by atoms with Crippen LogP contribution in [0.15, 0.2) is 24.3 Å². The standard InChI is InChI=1S/C17H22IN/c1-2-3-17(18)16-10-8-15(9-11-16)14-6-4-13(12-19)5-7-14/h4-7,15-17H,2-3,8-11H2,1H3. The van der Waals surface area contributed by atoms with Crippen LogP contribution >= 0.6 is 22.6 Å². The van der Waals surface area contributed by atoms with E-state index in [1.807, 2.05) is 12.1 Å². The molecule has 102 valence electrons. The molecule has 0 aliphatic heterocycles. The first-order valence-electron chi connectivity index (χ1n) is 7.38. The molecule has 1 fully saturated rings. The van der Waals surface area contributed by atoms with Gasteiger partial charge < -0.3 is 0 Å². The fourth-order valence-electron chi connectivity index (χ4n) is 3.16. The number of nitriles is 1. The van der Waals surface area contributed by atoms with Crippen molar-refractivity contribution in [3.05, 3.63) is 35.4 Å². The second-order valence-corrected chi connectivity index (χ2v) is 7.25. The molecule has 1 aromatic carbocycles. The molecular weight excluding hydrogens is 345 g/mol. The minimum absolute atomic E-state index is 0.717. The van der Waals surface area contributed by atoms with Gasteiger partial charge in [-0.15, -0.1) is 0 Å². The van der Waals surface area contributed by atoms with Crippen LogP contribution in [-0.2, 0) is 0 Å². The average molecular weight is 367 g/mol. The van der Waals surface area contributed by atoms with Crippen molar-refractivity contribution in [3.63, 3.8) is 0 Å². The maximum Gasteiger partial charge on any atom is 0.0991 e. The van der Waals surface area contributed by atoms with E-state index >= 15 is 0 Å². The first kappa shape index (κ1) is 14.8. The van der Waals surface area contributed by atoms with E-state index in [-0.39, 0.29) is 0 Å². The molecule has 0 amide bonds. The lowest BCUT2D eigenvalue weighted by molar-refractivity contribution is 0.318. The highest BCUT2D eigenvalue weighted by molar-refractivity contribution is 14.1. The van der Waals surface area contributed by atoms with Crippen molar-refractivity contribution in [3.8, 4) is 6.07 Å². The SMILES string of the molecule is CCCC(I)C1CCC(c2ccc(C#N)cc2)CC1. The van der Waals surface area contributed by atoms with Crippen LogP contribution in [0, 0.1) is 17.2 Å². The molecule has 0 bridgehead atoms. The molecule has 0 spiro atoms. The normalized spacial score (nSPS) is 24.7. The third kappa shape index (κ3) is 3.95. The predicted molar refractivity (Wildman–Crippen MR) is 88.6 cm³/mol. The molecule has 1 unspecified atom stereocenters. The summed E-state index contributed by atoms with van der Waals surface area (Å²) in [5.74, 6) is 1.64. The molecule has 1 saturated carbocycles. The van der Waals surface area contributed by atoms with E-state index in [2.05, 4.69) is 47.7 Å². The zero-order valence-electron chi connectivity index (χ0n) is 11.6. The molecule has 1 aliphatic carbocycles. The van der Waals surface area contributed by atoms with Crippen LogP contribution in [0.25, 0.3) is 0 Å². The lowest BCUT2D eigenvalue weighted by Crippen LogP contribution is -2.21. The lowest BCUT2D eigenvalue weighted by Gasteiger charge is -2.31. The fraction of sp³-hybridized carbons (Fsp3) is 0.588. The van der Waals surface area contributed by atoms with E-state index in [0.717, 1.165) is 15.4 Å². The van der Waals surface area contributed by atoms with Crippen molar-refractivity contribution in [1.82, 2.24) is 0 Å². The molecule has 1 nitrogen and oxygen atoms in total. The van der Waals surface area contributed by atoms with Crippen LogP contribution in [0.2, 0.25) is 0 Å². The van der Waals surface area contributed by atoms with Gasteiger partial charge in [0.05, 0.1) is 11.6 Å². The van der Waals surface area contributed by atoms with Crippen LogP contribution in [-0.4, -0.2) is 3.92 Å². The maximum absolute atomic E-state index is 8.83. The molecular formula is C17H22IN. The maximum atomic E-state index is 8.83. The number of hydrogen-bond acceptors (Lipinski definition) is 1. The number of alkyl halides is 1. The van der Waals surface area contributed by atoms with Crippen molar-refractivity contribution in [1.29, 1.82) is 5.26 Å². The quantitative estimate of drug-likeness (QED) is 0.514. The smallest absolute Gasteiger partial charge is 0.0991 e. The minimum atomic E-state index is 0.717. The van der Waals surface area contributed by atoms with Gasteiger partial charge in [-0.25, -0.2) is 0 Å². The minimum Gasteiger partial charge on any atom is -0.192 e. The third-order valence-electron chi connectivity index (χ3n) is 4.36. The van der Waals surface area contributed by atoms with Gasteiger partial charge in [0.15, 0.2) is 0 Å². The second kappa shape index (κ2) is 7.28. The van der Waals surface area contributed by atoms with Crippen LogP contribution in [0.1, 0.15) is 62.5 Å². The topological polar surface area (TPSA) is 23.8 Å². The van der Waals surface area contributed by atoms with Crippen molar-refractivity contribution < 1.29 is 0 Å². The summed E-state index contributed by atoms with van der Waals surface area (Å²) in [6, 6.07) is 10.4. The summed E-state index contributed by atoms with van der Waals surface area (Å²) >= 11 is 2.66. The Balaban J connectivity index is 1.90. The first-order chi connectivity index (χ1) is 9.24. The first-order valence-corrected chi connectivity index (χ1v) is 8.63. The molecule has 1 aliphatic rings. The Labute approximate surface area is 130 Å². The zero-order valence-corrected chi connectivity index (χ0v) is 13.8. The molecule has 2 heteroatoms. The highest BCUT2D eigenvalue weighted by atomic mass is 127. The van der Waals surface area contributed by atoms with Crippen molar-refractivity contribution in [2.75, 3.05) is 0 Å². The van der Waals surface area contributed by atoms with E-state index in [1.165, 1.54) is 44.1 Å². The lowest BCUT2D eigenvalue weighted by atomic mass is 9.77. The molecule has 0 N–H and O–H groups in total. The van der Waals surface area contributed by atoms with Gasteiger partial charge in [0, 0.05) is 3.92 Å². The summed E-state index contributed by atoms with van der Waals surface area (Å²) in [6.07, 6.45) is 8.06. The summed E-state index contributed by atoms with van der Waals surface area (Å²) in [6.45, 7) is 2.29. The summed E-state index contributed by atoms with van der Waals surface area (Å²) in [7, 11) is 0. The second-order valence-electron chi connectivity index (χ2n) is 5.65. The number of benzene rings is 1. The van der Waals surface area contributed by atoms with Gasteiger partial charge in [0.25, 0.3) is 0 Å². The van der Waals surface area contributed by atoms with Crippen LogP contribution < -0.4 is 0 Å². The largest absolute Gasteiger partial charge is 0.192 e. The summed E-state index contributed by atoms with van der Waals surface area (Å²) in [5.41, 5.74) is 2.20. The van der Waals surface area contributed by atoms with Crippen molar-refractivity contribution in [2.45, 2.75) is 55.3 Å². The van der Waals surface area contributed by atoms with Crippen molar-refractivity contribution in [2.24, 2.45) is 5.92 Å². The Hall–Kier alpha value is -0.560. The summed E-state index contributed by atoms with van der Waals surface area (Å²) < 4.78 is 0.865. The van der Waals surface area contributed by atoms with E-state index < -0.39 is 0 Å². The predicted octanol–water partition coefficient (Wildman–Crippen LogP) is 5.44. The molecule has 19 heavy (non-hydrogen) atoms. The molecule has 0 saturated heterocycles. The Morgan fingerprint density at radius 1 is 1.21 bits per heavy atom. The van der Waals surface area contributed by atoms with Gasteiger partial charge in [0.2, 0.25) is 0 Å². The van der Waals surface area contributed by atoms with Gasteiger partial charge in [-0.2, -0.15) is 5.26 Å². The zero-order chi connectivity index (χ0) is 13.7. The molecule has 1 aromatic rings. The Morgan fingerprint density at radius 2 is 1.84 bits per heavy atom. The van der Waals surface area contributed by atoms with Gasteiger partial charge >= 0.3 is 0 Å². The van der Waals surface area contributed by atoms with E-state index in [1.54, 1.807) is 0 Å². The van der Waals surface area contributed by atoms with Gasteiger partial charge in [-0.05, 0) is 61.6 Å². The van der Waals surface area contributed by atoms with E-state index in [0.29, 0.717) is 5.92 Å². The Kier molecular flexibility index (Phi) is 5.69. The number of rotatable bonds is 4. The van der Waals surface area contributed by atoms with Crippen LogP contribution in [0.5, 0.6) is 0 Å². The molecule has 0 heterocycles. The Morgan fingerprint density at radius 3 is 2.37 bits per heavy atom. The molecule has 1 atom stereocenters. The average Bonchev–Trinajstić information content (AvgIpc) is 2.48. The number of halogens is 1. The molecule has 0 radical (unpaired) electrons. The fourth-order valence-corrected chi connectivity index (χ4v) is 4.50. The number of hydrogen-bond donors (Lipinski definition) is 0. The van der Waals surface area contributed by atoms with Gasteiger partial charge in [-0.3, -0.25) is 0 Å². The number of nitrogens with zero attached hydrogens (tertiary/aromatic N) is 1. The summed E-state index contributed by atoms with van der Waals surface area (Å²) in [4.78, 5) is 0. The van der Waals surface area contributed by atoms with Crippen LogP contribution in [0.4, 0.5) is 0 Å². The Bertz CT molecular complexity index is 424. The summed E-state index contributed by atoms with van der Waals surface area (Å²) in [5, 5.41) is 8.83.